The quantitative estimate of drug-likeness (QED) is 0.782. The highest BCUT2D eigenvalue weighted by molar-refractivity contribution is 5.85. The molecular weight excluding hydrogens is 254 g/mol. The van der Waals surface area contributed by atoms with Crippen LogP contribution in [0.15, 0.2) is 0 Å². The summed E-state index contributed by atoms with van der Waals surface area (Å²) in [6, 6.07) is 0.232. The predicted octanol–water partition coefficient (Wildman–Crippen LogP) is 2.82. The van der Waals surface area contributed by atoms with Gasteiger partial charge in [-0.05, 0) is 37.5 Å². The van der Waals surface area contributed by atoms with Crippen LogP contribution in [0.5, 0.6) is 0 Å². The molecule has 114 valence electrons. The monoisotopic (exact) mass is 281 g/mol. The SMILES string of the molecule is CC1C[C@H](C(=O)NC2CCCCCC2C)[C@H](C(=O)O)C1. The molecule has 20 heavy (non-hydrogen) atoms. The maximum Gasteiger partial charge on any atom is 0.307 e. The van der Waals surface area contributed by atoms with Gasteiger partial charge in [-0.3, -0.25) is 9.59 Å². The van der Waals surface area contributed by atoms with Crippen molar-refractivity contribution in [2.75, 3.05) is 0 Å². The topological polar surface area (TPSA) is 66.4 Å². The third-order valence-electron chi connectivity index (χ3n) is 5.14. The number of nitrogens with one attached hydrogen (secondary N) is 1. The third kappa shape index (κ3) is 3.53. The van der Waals surface area contributed by atoms with Gasteiger partial charge in [-0.1, -0.05) is 33.1 Å². The molecule has 3 unspecified atom stereocenters. The normalized spacial score (nSPS) is 38.2. The minimum absolute atomic E-state index is 0.0273. The maximum absolute atomic E-state index is 12.5. The highest BCUT2D eigenvalue weighted by Crippen LogP contribution is 2.37. The first-order valence-corrected chi connectivity index (χ1v) is 8.02. The molecule has 4 heteroatoms. The Labute approximate surface area is 121 Å². The first-order chi connectivity index (χ1) is 9.49. The summed E-state index contributed by atoms with van der Waals surface area (Å²) in [4.78, 5) is 23.8. The summed E-state index contributed by atoms with van der Waals surface area (Å²) in [5.74, 6) is -0.838. The highest BCUT2D eigenvalue weighted by atomic mass is 16.4. The fourth-order valence-corrected chi connectivity index (χ4v) is 3.85. The van der Waals surface area contributed by atoms with Crippen LogP contribution >= 0.6 is 0 Å². The van der Waals surface area contributed by atoms with Gasteiger partial charge < -0.3 is 10.4 Å². The van der Waals surface area contributed by atoms with E-state index in [0.29, 0.717) is 24.7 Å². The summed E-state index contributed by atoms with van der Waals surface area (Å²) >= 11 is 0. The van der Waals surface area contributed by atoms with Crippen LogP contribution in [0.4, 0.5) is 0 Å². The van der Waals surface area contributed by atoms with Crippen LogP contribution in [0.2, 0.25) is 0 Å². The molecule has 0 spiro atoms. The van der Waals surface area contributed by atoms with Gasteiger partial charge in [-0.2, -0.15) is 0 Å². The van der Waals surface area contributed by atoms with Gasteiger partial charge in [-0.25, -0.2) is 0 Å². The van der Waals surface area contributed by atoms with Crippen molar-refractivity contribution < 1.29 is 14.7 Å². The van der Waals surface area contributed by atoms with E-state index in [4.69, 9.17) is 0 Å². The number of carbonyl (C=O) groups is 2. The summed E-state index contributed by atoms with van der Waals surface area (Å²) in [5, 5.41) is 12.4. The van der Waals surface area contributed by atoms with Crippen molar-refractivity contribution in [1.82, 2.24) is 5.32 Å². The number of rotatable bonds is 3. The van der Waals surface area contributed by atoms with E-state index in [1.54, 1.807) is 0 Å². The Balaban J connectivity index is 1.97. The standard InChI is InChI=1S/C16H27NO3/c1-10-8-12(13(9-10)16(19)20)15(18)17-14-7-5-3-4-6-11(14)2/h10-14H,3-9H2,1-2H3,(H,17,18)(H,19,20)/t10?,11?,12-,13+,14?/m0/s1. The van der Waals surface area contributed by atoms with Gasteiger partial charge in [0.1, 0.15) is 0 Å². The second-order valence-corrected chi connectivity index (χ2v) is 6.86. The number of amides is 1. The van der Waals surface area contributed by atoms with Crippen LogP contribution < -0.4 is 5.32 Å². The van der Waals surface area contributed by atoms with Crippen LogP contribution in [0, 0.1) is 23.7 Å². The average molecular weight is 281 g/mol. The van der Waals surface area contributed by atoms with Crippen LogP contribution in [-0.4, -0.2) is 23.0 Å². The molecule has 0 aromatic carbocycles. The van der Waals surface area contributed by atoms with E-state index in [0.717, 1.165) is 12.8 Å². The molecule has 0 bridgehead atoms. The molecule has 0 aliphatic heterocycles. The Morgan fingerprint density at radius 1 is 1.00 bits per heavy atom. The van der Waals surface area contributed by atoms with Gasteiger partial charge in [0.15, 0.2) is 0 Å². The smallest absolute Gasteiger partial charge is 0.307 e. The number of carboxylic acids is 1. The molecule has 0 aromatic rings. The molecule has 0 aromatic heterocycles. The molecule has 2 rings (SSSR count). The van der Waals surface area contributed by atoms with Crippen molar-refractivity contribution in [3.05, 3.63) is 0 Å². The molecule has 0 saturated heterocycles. The Morgan fingerprint density at radius 2 is 1.65 bits per heavy atom. The molecule has 0 radical (unpaired) electrons. The van der Waals surface area contributed by atoms with Crippen LogP contribution in [-0.2, 0) is 9.59 Å². The first-order valence-electron chi connectivity index (χ1n) is 8.02. The largest absolute Gasteiger partial charge is 0.481 e. The number of hydrogen-bond acceptors (Lipinski definition) is 2. The molecule has 1 amide bonds. The van der Waals surface area contributed by atoms with Crippen LogP contribution in [0.25, 0.3) is 0 Å². The highest BCUT2D eigenvalue weighted by Gasteiger charge is 2.41. The molecule has 5 atom stereocenters. The zero-order chi connectivity index (χ0) is 14.7. The van der Waals surface area contributed by atoms with Crippen molar-refractivity contribution >= 4 is 11.9 Å². The van der Waals surface area contributed by atoms with Gasteiger partial charge in [0, 0.05) is 6.04 Å². The Hall–Kier alpha value is -1.06. The summed E-state index contributed by atoms with van der Waals surface area (Å²) in [6.45, 7) is 4.24. The maximum atomic E-state index is 12.5. The van der Waals surface area contributed by atoms with E-state index >= 15 is 0 Å². The predicted molar refractivity (Wildman–Crippen MR) is 77.2 cm³/mol. The summed E-state index contributed by atoms with van der Waals surface area (Å²) < 4.78 is 0. The first kappa shape index (κ1) is 15.3. The second-order valence-electron chi connectivity index (χ2n) is 6.86. The zero-order valence-corrected chi connectivity index (χ0v) is 12.6. The van der Waals surface area contributed by atoms with Gasteiger partial charge in [-0.15, -0.1) is 0 Å². The van der Waals surface area contributed by atoms with Crippen molar-refractivity contribution in [3.63, 3.8) is 0 Å². The molecule has 0 heterocycles. The zero-order valence-electron chi connectivity index (χ0n) is 12.6. The summed E-state index contributed by atoms with van der Waals surface area (Å²) in [5.41, 5.74) is 0. The Morgan fingerprint density at radius 3 is 2.35 bits per heavy atom. The van der Waals surface area contributed by atoms with E-state index in [-0.39, 0.29) is 17.9 Å². The lowest BCUT2D eigenvalue weighted by Gasteiger charge is -2.25. The van der Waals surface area contributed by atoms with Gasteiger partial charge in [0.25, 0.3) is 0 Å². The lowest BCUT2D eigenvalue weighted by Crippen LogP contribution is -2.43. The van der Waals surface area contributed by atoms with Crippen LogP contribution in [0.1, 0.15) is 58.8 Å². The van der Waals surface area contributed by atoms with E-state index < -0.39 is 11.9 Å². The molecular formula is C16H27NO3. The molecule has 2 fully saturated rings. The molecule has 4 nitrogen and oxygen atoms in total. The van der Waals surface area contributed by atoms with E-state index in [9.17, 15) is 14.7 Å². The Bertz CT molecular complexity index is 369. The number of hydrogen-bond donors (Lipinski definition) is 2. The minimum Gasteiger partial charge on any atom is -0.481 e. The van der Waals surface area contributed by atoms with Crippen molar-refractivity contribution in [3.8, 4) is 0 Å². The van der Waals surface area contributed by atoms with Crippen LogP contribution in [0.3, 0.4) is 0 Å². The Kier molecular flexibility index (Phi) is 5.06. The molecule has 2 aliphatic rings. The van der Waals surface area contributed by atoms with Crippen molar-refractivity contribution in [2.45, 2.75) is 64.8 Å². The number of aliphatic carboxylic acids is 1. The minimum atomic E-state index is -0.816. The summed E-state index contributed by atoms with van der Waals surface area (Å²) in [6.07, 6.45) is 7.19. The number of carboxylic acid groups (broad SMARTS) is 1. The van der Waals surface area contributed by atoms with Crippen molar-refractivity contribution in [2.24, 2.45) is 23.7 Å². The molecule has 2 aliphatic carbocycles. The lowest BCUT2D eigenvalue weighted by molar-refractivity contribution is -0.146. The molecule has 2 N–H and O–H groups in total. The second kappa shape index (κ2) is 6.59. The molecule has 2 saturated carbocycles. The van der Waals surface area contributed by atoms with E-state index in [1.807, 2.05) is 6.92 Å². The average Bonchev–Trinajstić information content (AvgIpc) is 2.68. The van der Waals surface area contributed by atoms with Crippen molar-refractivity contribution in [1.29, 1.82) is 0 Å². The van der Waals surface area contributed by atoms with Gasteiger partial charge in [0.05, 0.1) is 11.8 Å². The van der Waals surface area contributed by atoms with E-state index in [2.05, 4.69) is 12.2 Å². The van der Waals surface area contributed by atoms with Gasteiger partial charge >= 0.3 is 5.97 Å². The lowest BCUT2D eigenvalue weighted by atomic mass is 9.92. The summed E-state index contributed by atoms with van der Waals surface area (Å²) in [7, 11) is 0. The fourth-order valence-electron chi connectivity index (χ4n) is 3.85. The van der Waals surface area contributed by atoms with Gasteiger partial charge in [0.2, 0.25) is 5.91 Å². The number of carbonyl (C=O) groups excluding carboxylic acids is 1. The third-order valence-corrected chi connectivity index (χ3v) is 5.14. The fraction of sp³-hybridized carbons (Fsp3) is 0.875. The van der Waals surface area contributed by atoms with E-state index in [1.165, 1.54) is 19.3 Å².